The van der Waals surface area contributed by atoms with E-state index in [-0.39, 0.29) is 0 Å². The van der Waals surface area contributed by atoms with Gasteiger partial charge in [0.25, 0.3) is 0 Å². The average Bonchev–Trinajstić information content (AvgIpc) is 2.59. The summed E-state index contributed by atoms with van der Waals surface area (Å²) in [7, 11) is 0. The minimum absolute atomic E-state index is 0.420. The number of aromatic nitrogens is 1. The summed E-state index contributed by atoms with van der Waals surface area (Å²) in [5.74, 6) is -0.707. The van der Waals surface area contributed by atoms with Gasteiger partial charge < -0.3 is 9.84 Å². The molecule has 2 aromatic rings. The van der Waals surface area contributed by atoms with Crippen LogP contribution in [0, 0.1) is 0 Å². The molecule has 0 aliphatic carbocycles. The average molecular weight is 363 g/mol. The summed E-state index contributed by atoms with van der Waals surface area (Å²) in [6.45, 7) is 2.27. The number of carboxylic acid groups (broad SMARTS) is 1. The molecule has 1 N–H and O–H groups in total. The fourth-order valence-electron chi connectivity index (χ4n) is 2.20. The SMILES string of the molecule is CCOc1ccc(/C(=C\C=C\C(=O)O)c2ccc(C(F)(F)F)cc2)cn1. The maximum Gasteiger partial charge on any atom is 0.416 e. The number of carbonyl (C=O) groups is 1. The van der Waals surface area contributed by atoms with Crippen LogP contribution in [0.1, 0.15) is 23.6 Å². The van der Waals surface area contributed by atoms with Gasteiger partial charge in [-0.2, -0.15) is 13.2 Å². The molecule has 26 heavy (non-hydrogen) atoms. The van der Waals surface area contributed by atoms with E-state index < -0.39 is 17.7 Å². The van der Waals surface area contributed by atoms with Gasteiger partial charge in [0.15, 0.2) is 0 Å². The van der Waals surface area contributed by atoms with Crippen LogP contribution in [0.25, 0.3) is 5.57 Å². The highest BCUT2D eigenvalue weighted by atomic mass is 19.4. The second-order valence-electron chi connectivity index (χ2n) is 5.17. The van der Waals surface area contributed by atoms with Gasteiger partial charge in [-0.05, 0) is 36.3 Å². The van der Waals surface area contributed by atoms with Crippen LogP contribution in [0.15, 0.2) is 60.8 Å². The van der Waals surface area contributed by atoms with Crippen molar-refractivity contribution in [2.45, 2.75) is 13.1 Å². The van der Waals surface area contributed by atoms with Crippen LogP contribution < -0.4 is 4.74 Å². The van der Waals surface area contributed by atoms with Gasteiger partial charge in [0.05, 0.1) is 12.2 Å². The Hall–Kier alpha value is -3.09. The molecule has 1 aromatic heterocycles. The lowest BCUT2D eigenvalue weighted by molar-refractivity contribution is -0.137. The molecular weight excluding hydrogens is 347 g/mol. The Morgan fingerprint density at radius 1 is 1.15 bits per heavy atom. The molecule has 7 heteroatoms. The van der Waals surface area contributed by atoms with Crippen LogP contribution in [0.3, 0.4) is 0 Å². The van der Waals surface area contributed by atoms with E-state index in [1.807, 2.05) is 6.92 Å². The number of halogens is 3. The Kier molecular flexibility index (Phi) is 6.16. The molecule has 0 aliphatic rings. The predicted molar refractivity (Wildman–Crippen MR) is 90.7 cm³/mol. The van der Waals surface area contributed by atoms with Crippen molar-refractivity contribution in [3.8, 4) is 5.88 Å². The normalized spacial score (nSPS) is 12.4. The Labute approximate surface area is 148 Å². The quantitative estimate of drug-likeness (QED) is 0.603. The molecule has 0 unspecified atom stereocenters. The Morgan fingerprint density at radius 3 is 2.31 bits per heavy atom. The Morgan fingerprint density at radius 2 is 1.81 bits per heavy atom. The van der Waals surface area contributed by atoms with Gasteiger partial charge in [0.1, 0.15) is 0 Å². The van der Waals surface area contributed by atoms with Gasteiger partial charge in [-0.1, -0.05) is 24.3 Å². The second-order valence-corrected chi connectivity index (χ2v) is 5.17. The highest BCUT2D eigenvalue weighted by Crippen LogP contribution is 2.31. The minimum atomic E-state index is -4.42. The zero-order chi connectivity index (χ0) is 19.2. The maximum atomic E-state index is 12.7. The molecule has 1 heterocycles. The van der Waals surface area contributed by atoms with E-state index >= 15 is 0 Å². The molecule has 0 aliphatic heterocycles. The molecule has 0 saturated heterocycles. The van der Waals surface area contributed by atoms with E-state index in [4.69, 9.17) is 9.84 Å². The molecule has 0 amide bonds. The summed E-state index contributed by atoms with van der Waals surface area (Å²) < 4.78 is 43.5. The largest absolute Gasteiger partial charge is 0.478 e. The van der Waals surface area contributed by atoms with Crippen molar-refractivity contribution in [2.75, 3.05) is 6.61 Å². The van der Waals surface area contributed by atoms with Crippen molar-refractivity contribution in [1.82, 2.24) is 4.98 Å². The first-order chi connectivity index (χ1) is 12.3. The third-order valence-electron chi connectivity index (χ3n) is 3.36. The number of hydrogen-bond acceptors (Lipinski definition) is 3. The Bertz CT molecular complexity index is 807. The molecule has 4 nitrogen and oxygen atoms in total. The molecule has 0 radical (unpaired) electrons. The highest BCUT2D eigenvalue weighted by Gasteiger charge is 2.30. The lowest BCUT2D eigenvalue weighted by atomic mass is 9.97. The Balaban J connectivity index is 2.42. The summed E-state index contributed by atoms with van der Waals surface area (Å²) >= 11 is 0. The van der Waals surface area contributed by atoms with E-state index in [0.717, 1.165) is 18.2 Å². The summed E-state index contributed by atoms with van der Waals surface area (Å²) in [6.07, 6.45) is 0.849. The summed E-state index contributed by atoms with van der Waals surface area (Å²) in [4.78, 5) is 14.8. The van der Waals surface area contributed by atoms with Gasteiger partial charge in [0.2, 0.25) is 5.88 Å². The molecule has 136 valence electrons. The van der Waals surface area contributed by atoms with E-state index in [1.165, 1.54) is 30.5 Å². The van der Waals surface area contributed by atoms with Crippen LogP contribution >= 0.6 is 0 Å². The highest BCUT2D eigenvalue weighted by molar-refractivity contribution is 5.83. The molecule has 0 spiro atoms. The minimum Gasteiger partial charge on any atom is -0.478 e. The number of nitrogens with zero attached hydrogens (tertiary/aromatic N) is 1. The second kappa shape index (κ2) is 8.33. The van der Waals surface area contributed by atoms with Gasteiger partial charge in [-0.15, -0.1) is 0 Å². The third kappa shape index (κ3) is 5.20. The maximum absolute atomic E-state index is 12.7. The summed E-state index contributed by atoms with van der Waals surface area (Å²) in [5.41, 5.74) is 0.889. The summed E-state index contributed by atoms with van der Waals surface area (Å²) in [6, 6.07) is 7.96. The topological polar surface area (TPSA) is 59.4 Å². The first-order valence-electron chi connectivity index (χ1n) is 7.69. The first-order valence-corrected chi connectivity index (χ1v) is 7.69. The van der Waals surface area contributed by atoms with E-state index in [1.54, 1.807) is 12.1 Å². The number of allylic oxidation sites excluding steroid dienone is 2. The summed E-state index contributed by atoms with van der Waals surface area (Å²) in [5, 5.41) is 8.72. The predicted octanol–water partition coefficient (Wildman–Crippen LogP) is 4.57. The van der Waals surface area contributed by atoms with E-state index in [9.17, 15) is 18.0 Å². The smallest absolute Gasteiger partial charge is 0.416 e. The molecule has 0 fully saturated rings. The number of hydrogen-bond donors (Lipinski definition) is 1. The zero-order valence-corrected chi connectivity index (χ0v) is 13.8. The first kappa shape index (κ1) is 19.2. The molecule has 0 bridgehead atoms. The molecule has 2 rings (SSSR count). The molecule has 0 atom stereocenters. The van der Waals surface area contributed by atoms with Gasteiger partial charge >= 0.3 is 12.1 Å². The van der Waals surface area contributed by atoms with Crippen molar-refractivity contribution < 1.29 is 27.8 Å². The number of alkyl halides is 3. The van der Waals surface area contributed by atoms with E-state index in [0.29, 0.717) is 29.2 Å². The lowest BCUT2D eigenvalue weighted by Gasteiger charge is -2.11. The molecule has 0 saturated carbocycles. The number of benzene rings is 1. The third-order valence-corrected chi connectivity index (χ3v) is 3.36. The van der Waals surface area contributed by atoms with Crippen molar-refractivity contribution in [1.29, 1.82) is 0 Å². The number of ether oxygens (including phenoxy) is 1. The number of rotatable bonds is 6. The lowest BCUT2D eigenvalue weighted by Crippen LogP contribution is -2.04. The van der Waals surface area contributed by atoms with Crippen LogP contribution in [0.2, 0.25) is 0 Å². The van der Waals surface area contributed by atoms with E-state index in [2.05, 4.69) is 4.98 Å². The monoisotopic (exact) mass is 363 g/mol. The standard InChI is InChI=1S/C19H16F3NO3/c1-2-26-17-11-8-14(12-23-17)16(4-3-5-18(24)25)13-6-9-15(10-7-13)19(20,21)22/h3-12H,2H2,1H3,(H,24,25)/b5-3+,16-4-. The number of pyridine rings is 1. The van der Waals surface area contributed by atoms with Crippen LogP contribution in [0.5, 0.6) is 5.88 Å². The van der Waals surface area contributed by atoms with Crippen LogP contribution in [-0.2, 0) is 11.0 Å². The van der Waals surface area contributed by atoms with Crippen molar-refractivity contribution in [3.05, 3.63) is 77.5 Å². The fraction of sp³-hybridized carbons (Fsp3) is 0.158. The van der Waals surface area contributed by atoms with Crippen molar-refractivity contribution >= 4 is 11.5 Å². The molecular formula is C19H16F3NO3. The molecule has 1 aromatic carbocycles. The van der Waals surface area contributed by atoms with Crippen LogP contribution in [0.4, 0.5) is 13.2 Å². The number of carboxylic acids is 1. The van der Waals surface area contributed by atoms with Crippen LogP contribution in [-0.4, -0.2) is 22.7 Å². The number of aliphatic carboxylic acids is 1. The van der Waals surface area contributed by atoms with Crippen molar-refractivity contribution in [2.24, 2.45) is 0 Å². The van der Waals surface area contributed by atoms with Gasteiger partial charge in [0, 0.05) is 23.9 Å². The van der Waals surface area contributed by atoms with Crippen molar-refractivity contribution in [3.63, 3.8) is 0 Å². The van der Waals surface area contributed by atoms with Gasteiger partial charge in [-0.25, -0.2) is 9.78 Å². The van der Waals surface area contributed by atoms with Gasteiger partial charge in [-0.3, -0.25) is 0 Å². The fourth-order valence-corrected chi connectivity index (χ4v) is 2.20. The zero-order valence-electron chi connectivity index (χ0n) is 13.8.